The van der Waals surface area contributed by atoms with Crippen molar-refractivity contribution in [2.24, 2.45) is 0 Å². The van der Waals surface area contributed by atoms with Crippen molar-refractivity contribution >= 4 is 23.2 Å². The normalized spacial score (nSPS) is 10.7. The Morgan fingerprint density at radius 1 is 1.13 bits per heavy atom. The number of nitrogens with one attached hydrogen (secondary N) is 1. The Morgan fingerprint density at radius 3 is 2.83 bits per heavy atom. The molecule has 152 valence electrons. The largest absolute Gasteiger partial charge is 0.489 e. The zero-order valence-corrected chi connectivity index (χ0v) is 16.4. The molecule has 0 saturated carbocycles. The predicted octanol–water partition coefficient (Wildman–Crippen LogP) is 4.50. The lowest BCUT2D eigenvalue weighted by atomic mass is 10.2. The fraction of sp³-hybridized carbons (Fsp3) is 0.0952. The summed E-state index contributed by atoms with van der Waals surface area (Å²) in [6, 6.07) is 13.9. The lowest BCUT2D eigenvalue weighted by molar-refractivity contribution is 0.102. The minimum atomic E-state index is -0.375. The molecule has 0 fully saturated rings. The van der Waals surface area contributed by atoms with Gasteiger partial charge in [-0.3, -0.25) is 10.1 Å². The molecule has 0 atom stereocenters. The van der Waals surface area contributed by atoms with Gasteiger partial charge in [-0.25, -0.2) is 18.4 Å². The van der Waals surface area contributed by atoms with Crippen molar-refractivity contribution in [3.05, 3.63) is 93.9 Å². The van der Waals surface area contributed by atoms with E-state index in [2.05, 4.69) is 15.4 Å². The molecular weight excluding hydrogens is 410 g/mol. The summed E-state index contributed by atoms with van der Waals surface area (Å²) in [6.07, 6.45) is 1.43. The number of hydrogen-bond donors (Lipinski definition) is 1. The number of carbonyl (C=O) groups is 1. The highest BCUT2D eigenvalue weighted by Crippen LogP contribution is 2.19. The Kier molecular flexibility index (Phi) is 5.80. The first-order valence-corrected chi connectivity index (χ1v) is 9.85. The van der Waals surface area contributed by atoms with Crippen LogP contribution in [0.25, 0.3) is 0 Å². The third-order valence-electron chi connectivity index (χ3n) is 4.13. The third kappa shape index (κ3) is 4.87. The SMILES string of the molecule is O=C(Nc1ncn(Cc2ccccc2F)n1)c1cc(COc2cccc(F)c2)cs1. The van der Waals surface area contributed by atoms with Crippen molar-refractivity contribution in [3.63, 3.8) is 0 Å². The smallest absolute Gasteiger partial charge is 0.268 e. The number of nitrogens with zero attached hydrogens (tertiary/aromatic N) is 3. The summed E-state index contributed by atoms with van der Waals surface area (Å²) < 4.78 is 33.9. The van der Waals surface area contributed by atoms with E-state index >= 15 is 0 Å². The van der Waals surface area contributed by atoms with Crippen LogP contribution in [0.15, 0.2) is 66.3 Å². The van der Waals surface area contributed by atoms with Gasteiger partial charge in [-0.2, -0.15) is 0 Å². The van der Waals surface area contributed by atoms with Crippen LogP contribution in [0.3, 0.4) is 0 Å². The monoisotopic (exact) mass is 426 g/mol. The van der Waals surface area contributed by atoms with Gasteiger partial charge in [0.05, 0.1) is 11.4 Å². The fourth-order valence-electron chi connectivity index (χ4n) is 2.69. The second-order valence-electron chi connectivity index (χ2n) is 6.38. The maximum Gasteiger partial charge on any atom is 0.268 e. The maximum absolute atomic E-state index is 13.7. The number of anilines is 1. The summed E-state index contributed by atoms with van der Waals surface area (Å²) in [5.74, 6) is -0.523. The minimum absolute atomic E-state index is 0.127. The van der Waals surface area contributed by atoms with E-state index in [0.717, 1.165) is 5.56 Å². The minimum Gasteiger partial charge on any atom is -0.489 e. The van der Waals surface area contributed by atoms with Gasteiger partial charge in [0.1, 0.15) is 30.3 Å². The number of aromatic nitrogens is 3. The molecule has 0 aliphatic rings. The maximum atomic E-state index is 13.7. The van der Waals surface area contributed by atoms with Crippen molar-refractivity contribution in [1.82, 2.24) is 14.8 Å². The highest BCUT2D eigenvalue weighted by molar-refractivity contribution is 7.12. The van der Waals surface area contributed by atoms with E-state index in [1.165, 1.54) is 40.5 Å². The van der Waals surface area contributed by atoms with Crippen LogP contribution in [0.5, 0.6) is 5.75 Å². The molecule has 0 radical (unpaired) electrons. The number of amides is 1. The van der Waals surface area contributed by atoms with Gasteiger partial charge < -0.3 is 4.74 Å². The molecular formula is C21H16F2N4O2S. The summed E-state index contributed by atoms with van der Waals surface area (Å²) in [4.78, 5) is 16.9. The van der Waals surface area contributed by atoms with Crippen LogP contribution in [0, 0.1) is 11.6 Å². The highest BCUT2D eigenvalue weighted by Gasteiger charge is 2.13. The van der Waals surface area contributed by atoms with E-state index in [0.29, 0.717) is 16.2 Å². The van der Waals surface area contributed by atoms with Gasteiger partial charge in [0.25, 0.3) is 5.91 Å². The van der Waals surface area contributed by atoms with E-state index in [4.69, 9.17) is 4.74 Å². The molecule has 4 aromatic rings. The number of carbonyl (C=O) groups excluding carboxylic acids is 1. The molecule has 0 saturated heterocycles. The lowest BCUT2D eigenvalue weighted by Gasteiger charge is -2.04. The first kappa shape index (κ1) is 19.7. The topological polar surface area (TPSA) is 69.0 Å². The van der Waals surface area contributed by atoms with Gasteiger partial charge in [0.2, 0.25) is 5.95 Å². The summed E-state index contributed by atoms with van der Waals surface area (Å²) >= 11 is 1.25. The zero-order valence-electron chi connectivity index (χ0n) is 15.6. The van der Waals surface area contributed by atoms with Crippen LogP contribution in [-0.4, -0.2) is 20.7 Å². The highest BCUT2D eigenvalue weighted by atomic mass is 32.1. The summed E-state index contributed by atoms with van der Waals surface area (Å²) in [6.45, 7) is 0.416. The van der Waals surface area contributed by atoms with Crippen LogP contribution < -0.4 is 10.1 Å². The molecule has 0 spiro atoms. The molecule has 0 bridgehead atoms. The van der Waals surface area contributed by atoms with Gasteiger partial charge >= 0.3 is 0 Å². The van der Waals surface area contributed by atoms with Gasteiger partial charge in [0.15, 0.2) is 0 Å². The Hall–Kier alpha value is -3.59. The van der Waals surface area contributed by atoms with E-state index in [9.17, 15) is 13.6 Å². The molecule has 1 N–H and O–H groups in total. The summed E-state index contributed by atoms with van der Waals surface area (Å²) in [5, 5.41) is 8.56. The average molecular weight is 426 g/mol. The van der Waals surface area contributed by atoms with E-state index in [-0.39, 0.29) is 36.6 Å². The average Bonchev–Trinajstić information content (AvgIpc) is 3.38. The van der Waals surface area contributed by atoms with Crippen molar-refractivity contribution < 1.29 is 18.3 Å². The molecule has 2 aromatic carbocycles. The van der Waals surface area contributed by atoms with Crippen LogP contribution in [-0.2, 0) is 13.2 Å². The molecule has 30 heavy (non-hydrogen) atoms. The Labute approximate surface area is 174 Å². The molecule has 0 unspecified atom stereocenters. The van der Waals surface area contributed by atoms with Crippen LogP contribution in [0.2, 0.25) is 0 Å². The third-order valence-corrected chi connectivity index (χ3v) is 5.11. The van der Waals surface area contributed by atoms with Crippen LogP contribution >= 0.6 is 11.3 Å². The fourth-order valence-corrected chi connectivity index (χ4v) is 3.48. The summed E-state index contributed by atoms with van der Waals surface area (Å²) in [5.41, 5.74) is 1.26. The Bertz CT molecular complexity index is 1180. The Morgan fingerprint density at radius 2 is 2.00 bits per heavy atom. The molecule has 4 rings (SSSR count). The molecule has 0 aliphatic heterocycles. The van der Waals surface area contributed by atoms with Crippen LogP contribution in [0.1, 0.15) is 20.8 Å². The molecule has 9 heteroatoms. The number of benzene rings is 2. The van der Waals surface area contributed by atoms with Crippen LogP contribution in [0.4, 0.5) is 14.7 Å². The van der Waals surface area contributed by atoms with Gasteiger partial charge in [-0.15, -0.1) is 16.4 Å². The standard InChI is InChI=1S/C21H16F2N4O2S/c22-16-5-3-6-17(9-16)29-11-14-8-19(30-12-14)20(28)25-21-24-13-27(26-21)10-15-4-1-2-7-18(15)23/h1-9,12-13H,10-11H2,(H,25,26,28). The molecule has 1 amide bonds. The number of rotatable bonds is 7. The number of thiophene rings is 1. The molecule has 2 aromatic heterocycles. The van der Waals surface area contributed by atoms with Crippen molar-refractivity contribution in [2.75, 3.05) is 5.32 Å². The number of hydrogen-bond acceptors (Lipinski definition) is 5. The predicted molar refractivity (Wildman–Crippen MR) is 109 cm³/mol. The van der Waals surface area contributed by atoms with E-state index in [1.807, 2.05) is 0 Å². The quantitative estimate of drug-likeness (QED) is 0.473. The molecule has 2 heterocycles. The first-order valence-electron chi connectivity index (χ1n) is 8.97. The van der Waals surface area contributed by atoms with E-state index < -0.39 is 0 Å². The molecule has 6 nitrogen and oxygen atoms in total. The zero-order chi connectivity index (χ0) is 20.9. The van der Waals surface area contributed by atoms with Crippen molar-refractivity contribution in [1.29, 1.82) is 0 Å². The van der Waals surface area contributed by atoms with Crippen molar-refractivity contribution in [2.45, 2.75) is 13.2 Å². The Balaban J connectivity index is 1.34. The van der Waals surface area contributed by atoms with Gasteiger partial charge in [-0.1, -0.05) is 24.3 Å². The number of ether oxygens (including phenoxy) is 1. The van der Waals surface area contributed by atoms with Gasteiger partial charge in [-0.05, 0) is 29.6 Å². The second kappa shape index (κ2) is 8.83. The van der Waals surface area contributed by atoms with E-state index in [1.54, 1.807) is 41.8 Å². The second-order valence-corrected chi connectivity index (χ2v) is 7.29. The first-order chi connectivity index (χ1) is 14.6. The van der Waals surface area contributed by atoms with Crippen molar-refractivity contribution in [3.8, 4) is 5.75 Å². The lowest BCUT2D eigenvalue weighted by Crippen LogP contribution is -2.12. The summed E-state index contributed by atoms with van der Waals surface area (Å²) in [7, 11) is 0. The number of halogens is 2. The van der Waals surface area contributed by atoms with Gasteiger partial charge in [0, 0.05) is 17.2 Å². The molecule has 0 aliphatic carbocycles.